The van der Waals surface area contributed by atoms with Crippen molar-refractivity contribution >= 4 is 29.5 Å². The van der Waals surface area contributed by atoms with Gasteiger partial charge in [-0.3, -0.25) is 19.7 Å². The van der Waals surface area contributed by atoms with Crippen molar-refractivity contribution < 1.29 is 39.3 Å². The van der Waals surface area contributed by atoms with Gasteiger partial charge in [0.2, 0.25) is 11.6 Å². The molecule has 0 radical (unpaired) electrons. The normalized spacial score (nSPS) is 25.1. The van der Waals surface area contributed by atoms with Crippen molar-refractivity contribution in [2.75, 3.05) is 0 Å². The molecule has 4 N–H and O–H groups in total. The van der Waals surface area contributed by atoms with Crippen LogP contribution in [0.5, 0.6) is 0 Å². The zero-order valence-electron chi connectivity index (χ0n) is 11.8. The second kappa shape index (κ2) is 5.20. The standard InChI is InChI=1S/C14H10N2O8/c17-10-4-2-6(14(23)24)15-8(4)7-3(12(19)20)1-5(13(21)22)16-9(7)11(10)18/h1,4,6,8,15H,2H2,(H,19,20)(H,21,22)(H,23,24). The molecular weight excluding hydrogens is 324 g/mol. The summed E-state index contributed by atoms with van der Waals surface area (Å²) in [6.07, 6.45) is -0.163. The molecule has 0 spiro atoms. The number of nitrogens with one attached hydrogen (secondary N) is 1. The van der Waals surface area contributed by atoms with Crippen LogP contribution in [0.1, 0.15) is 49.4 Å². The lowest BCUT2D eigenvalue weighted by Gasteiger charge is -2.26. The number of fused-ring (bicyclic) bond motifs is 3. The average Bonchev–Trinajstić information content (AvgIpc) is 2.96. The van der Waals surface area contributed by atoms with Gasteiger partial charge in [0, 0.05) is 17.5 Å². The van der Waals surface area contributed by atoms with Crippen molar-refractivity contribution in [2.45, 2.75) is 18.5 Å². The molecule has 1 aromatic heterocycles. The SMILES string of the molecule is O=C(O)c1cc(C(=O)O)c2c(n1)C(=O)C(=O)C1CC(C(=O)O)NC21. The first-order valence-corrected chi connectivity index (χ1v) is 6.81. The Labute approximate surface area is 133 Å². The lowest BCUT2D eigenvalue weighted by molar-refractivity contribution is -0.139. The van der Waals surface area contributed by atoms with E-state index in [1.54, 1.807) is 0 Å². The van der Waals surface area contributed by atoms with E-state index in [1.807, 2.05) is 0 Å². The smallest absolute Gasteiger partial charge is 0.354 e. The summed E-state index contributed by atoms with van der Waals surface area (Å²) in [5.41, 5.74) is -1.88. The highest BCUT2D eigenvalue weighted by atomic mass is 16.4. The maximum Gasteiger partial charge on any atom is 0.354 e. The Morgan fingerprint density at radius 3 is 2.33 bits per heavy atom. The number of carbonyl (C=O) groups excluding carboxylic acids is 2. The van der Waals surface area contributed by atoms with E-state index in [-0.39, 0.29) is 12.0 Å². The first-order valence-electron chi connectivity index (χ1n) is 6.81. The van der Waals surface area contributed by atoms with Crippen molar-refractivity contribution in [2.24, 2.45) is 5.92 Å². The molecule has 24 heavy (non-hydrogen) atoms. The molecule has 1 fully saturated rings. The molecule has 124 valence electrons. The fourth-order valence-electron chi connectivity index (χ4n) is 3.12. The Kier molecular flexibility index (Phi) is 3.41. The van der Waals surface area contributed by atoms with E-state index < -0.39 is 64.4 Å². The van der Waals surface area contributed by atoms with E-state index in [2.05, 4.69) is 10.3 Å². The summed E-state index contributed by atoms with van der Waals surface area (Å²) in [6, 6.07) is -1.35. The summed E-state index contributed by atoms with van der Waals surface area (Å²) in [4.78, 5) is 61.7. The zero-order valence-corrected chi connectivity index (χ0v) is 11.8. The Morgan fingerprint density at radius 2 is 1.79 bits per heavy atom. The van der Waals surface area contributed by atoms with Crippen LogP contribution in [0.3, 0.4) is 0 Å². The third-order valence-electron chi connectivity index (χ3n) is 4.17. The van der Waals surface area contributed by atoms with Crippen LogP contribution in [0.25, 0.3) is 0 Å². The molecule has 3 unspecified atom stereocenters. The number of pyridine rings is 1. The van der Waals surface area contributed by atoms with Gasteiger partial charge in [-0.25, -0.2) is 14.6 Å². The largest absolute Gasteiger partial charge is 0.480 e. The lowest BCUT2D eigenvalue weighted by Crippen LogP contribution is -2.39. The van der Waals surface area contributed by atoms with Gasteiger partial charge in [-0.1, -0.05) is 0 Å². The Balaban J connectivity index is 2.25. The van der Waals surface area contributed by atoms with Crippen LogP contribution in [0.2, 0.25) is 0 Å². The minimum absolute atomic E-state index is 0.147. The molecule has 1 aliphatic carbocycles. The van der Waals surface area contributed by atoms with Crippen LogP contribution in [0, 0.1) is 5.92 Å². The van der Waals surface area contributed by atoms with Crippen molar-refractivity contribution in [3.8, 4) is 0 Å². The quantitative estimate of drug-likeness (QED) is 0.520. The molecule has 3 atom stereocenters. The number of aromatic carboxylic acids is 2. The summed E-state index contributed by atoms with van der Waals surface area (Å²) in [5.74, 6) is -7.33. The number of ketones is 2. The number of carboxylic acid groups (broad SMARTS) is 3. The molecule has 0 bridgehead atoms. The molecule has 0 saturated carbocycles. The van der Waals surface area contributed by atoms with Gasteiger partial charge in [-0.15, -0.1) is 0 Å². The first kappa shape index (κ1) is 15.7. The highest BCUT2D eigenvalue weighted by Crippen LogP contribution is 2.41. The van der Waals surface area contributed by atoms with Crippen LogP contribution in [-0.2, 0) is 9.59 Å². The zero-order chi connectivity index (χ0) is 17.8. The number of carboxylic acids is 3. The van der Waals surface area contributed by atoms with Crippen molar-refractivity contribution in [3.05, 3.63) is 28.6 Å². The van der Waals surface area contributed by atoms with Gasteiger partial charge in [0.05, 0.1) is 5.56 Å². The number of aromatic nitrogens is 1. The van der Waals surface area contributed by atoms with Gasteiger partial charge < -0.3 is 15.3 Å². The van der Waals surface area contributed by atoms with Gasteiger partial charge >= 0.3 is 17.9 Å². The van der Waals surface area contributed by atoms with E-state index in [4.69, 9.17) is 10.2 Å². The van der Waals surface area contributed by atoms with E-state index in [0.717, 1.165) is 6.07 Å². The minimum Gasteiger partial charge on any atom is -0.480 e. The third-order valence-corrected chi connectivity index (χ3v) is 4.17. The molecule has 10 heteroatoms. The molecule has 0 aromatic carbocycles. The average molecular weight is 334 g/mol. The summed E-state index contributed by atoms with van der Waals surface area (Å²) in [6.45, 7) is 0. The molecule has 1 aliphatic heterocycles. The molecule has 2 aliphatic rings. The fraction of sp³-hybridized carbons (Fsp3) is 0.286. The summed E-state index contributed by atoms with van der Waals surface area (Å²) in [5, 5.41) is 30.0. The first-order chi connectivity index (χ1) is 11.2. The number of Topliss-reactive ketones (excluding diaryl/α,β-unsaturated/α-hetero) is 2. The summed E-state index contributed by atoms with van der Waals surface area (Å²) in [7, 11) is 0. The molecule has 1 aromatic rings. The molecule has 0 amide bonds. The highest BCUT2D eigenvalue weighted by Gasteiger charge is 2.51. The van der Waals surface area contributed by atoms with Gasteiger partial charge in [-0.05, 0) is 12.5 Å². The summed E-state index contributed by atoms with van der Waals surface area (Å²) < 4.78 is 0. The van der Waals surface area contributed by atoms with Crippen molar-refractivity contribution in [1.29, 1.82) is 0 Å². The topological polar surface area (TPSA) is 171 Å². The van der Waals surface area contributed by atoms with Crippen LogP contribution >= 0.6 is 0 Å². The van der Waals surface area contributed by atoms with Crippen LogP contribution in [0.15, 0.2) is 6.07 Å². The van der Waals surface area contributed by atoms with Crippen molar-refractivity contribution in [1.82, 2.24) is 10.3 Å². The second-order valence-electron chi connectivity index (χ2n) is 5.50. The Bertz CT molecular complexity index is 830. The van der Waals surface area contributed by atoms with Gasteiger partial charge in [-0.2, -0.15) is 0 Å². The van der Waals surface area contributed by atoms with E-state index in [0.29, 0.717) is 0 Å². The van der Waals surface area contributed by atoms with E-state index in [1.165, 1.54) is 0 Å². The maximum absolute atomic E-state index is 12.2. The number of hydrogen-bond acceptors (Lipinski definition) is 7. The molecular formula is C14H10N2O8. The summed E-state index contributed by atoms with van der Waals surface area (Å²) >= 11 is 0. The van der Waals surface area contributed by atoms with E-state index in [9.17, 15) is 29.1 Å². The van der Waals surface area contributed by atoms with Gasteiger partial charge in [0.25, 0.3) is 0 Å². The minimum atomic E-state index is -1.55. The van der Waals surface area contributed by atoms with E-state index >= 15 is 0 Å². The van der Waals surface area contributed by atoms with Gasteiger partial charge in [0.15, 0.2) is 0 Å². The fourth-order valence-corrected chi connectivity index (χ4v) is 3.12. The molecule has 10 nitrogen and oxygen atoms in total. The van der Waals surface area contributed by atoms with Crippen LogP contribution in [-0.4, -0.2) is 55.8 Å². The van der Waals surface area contributed by atoms with Crippen LogP contribution in [0.4, 0.5) is 0 Å². The molecule has 2 heterocycles. The Hall–Kier alpha value is -3.14. The maximum atomic E-state index is 12.2. The highest BCUT2D eigenvalue weighted by molar-refractivity contribution is 6.45. The molecule has 3 rings (SSSR count). The third kappa shape index (κ3) is 2.15. The molecule has 1 saturated heterocycles. The number of nitrogens with zero attached hydrogens (tertiary/aromatic N) is 1. The number of carbonyl (C=O) groups is 5. The van der Waals surface area contributed by atoms with Gasteiger partial charge in [0.1, 0.15) is 17.4 Å². The Morgan fingerprint density at radius 1 is 1.12 bits per heavy atom. The van der Waals surface area contributed by atoms with Crippen molar-refractivity contribution in [3.63, 3.8) is 0 Å². The number of rotatable bonds is 3. The van der Waals surface area contributed by atoms with Crippen LogP contribution < -0.4 is 5.32 Å². The predicted octanol–water partition coefficient (Wildman–Crippen LogP) is -0.653. The number of hydrogen-bond donors (Lipinski definition) is 4. The monoisotopic (exact) mass is 334 g/mol. The lowest BCUT2D eigenvalue weighted by atomic mass is 9.78. The number of aliphatic carboxylic acids is 1. The predicted molar refractivity (Wildman–Crippen MR) is 72.9 cm³/mol. The second-order valence-corrected chi connectivity index (χ2v) is 5.50.